The van der Waals surface area contributed by atoms with Crippen LogP contribution in [-0.4, -0.2) is 22.3 Å². The van der Waals surface area contributed by atoms with Crippen LogP contribution in [-0.2, 0) is 9.22 Å². The van der Waals surface area contributed by atoms with E-state index < -0.39 is 0 Å². The highest BCUT2D eigenvalue weighted by atomic mass is 28.2. The second-order valence-electron chi connectivity index (χ2n) is 2.26. The van der Waals surface area contributed by atoms with E-state index in [4.69, 9.17) is 4.43 Å². The maximum Gasteiger partial charge on any atom is 0.243 e. The minimum atomic E-state index is -0.348. The lowest BCUT2D eigenvalue weighted by molar-refractivity contribution is -0.115. The fourth-order valence-corrected chi connectivity index (χ4v) is 1.53. The van der Waals surface area contributed by atoms with Gasteiger partial charge in [-0.3, -0.25) is 4.79 Å². The Balaban J connectivity index is 3.00. The molecule has 0 spiro atoms. The van der Waals surface area contributed by atoms with Crippen LogP contribution >= 0.6 is 0 Å². The Morgan fingerprint density at radius 1 is 1.75 bits per heavy atom. The molecule has 0 fully saturated rings. The van der Waals surface area contributed by atoms with Crippen LogP contribution in [0.1, 0.15) is 13.3 Å². The number of carbonyl (C=O) groups is 1. The van der Waals surface area contributed by atoms with Crippen molar-refractivity contribution in [3.05, 3.63) is 19.2 Å². The molecule has 1 amide bonds. The summed E-state index contributed by atoms with van der Waals surface area (Å²) in [6, 6.07) is 1.07. The highest BCUT2D eigenvalue weighted by Crippen LogP contribution is 1.91. The van der Waals surface area contributed by atoms with Gasteiger partial charge in [-0.2, -0.15) is 0 Å². The number of carbonyl (C=O) groups excluding carboxylic acids is 1. The summed E-state index contributed by atoms with van der Waals surface area (Å²) in [5.41, 5.74) is 0. The summed E-state index contributed by atoms with van der Waals surface area (Å²) >= 11 is 0. The molecule has 0 bridgehead atoms. The zero-order chi connectivity index (χ0) is 9.23. The Bertz CT molecular complexity index is 139. The smallest absolute Gasteiger partial charge is 0.243 e. The topological polar surface area (TPSA) is 38.3 Å². The summed E-state index contributed by atoms with van der Waals surface area (Å²) in [5, 5.41) is 2.59. The molecule has 0 aliphatic carbocycles. The maximum atomic E-state index is 10.6. The monoisotopic (exact) mass is 186 g/mol. The van der Waals surface area contributed by atoms with Gasteiger partial charge in [0.1, 0.15) is 0 Å². The van der Waals surface area contributed by atoms with E-state index in [0.29, 0.717) is 0 Å². The van der Waals surface area contributed by atoms with Crippen molar-refractivity contribution in [1.82, 2.24) is 5.32 Å². The standard InChI is InChI=1S/C8H16NO2Si/c1-3-8(10)9-6-5-7-12-11-4-2/h3,6H,1,4-5,7,12H2,2H3,(H,9,10). The van der Waals surface area contributed by atoms with E-state index in [-0.39, 0.29) is 15.7 Å². The SMILES string of the molecule is C=CC(=O)N[CH]CC[SiH2]OCC. The minimum absolute atomic E-state index is 0.145. The van der Waals surface area contributed by atoms with Crippen molar-refractivity contribution in [3.8, 4) is 0 Å². The lowest BCUT2D eigenvalue weighted by atomic mass is 10.4. The fraction of sp³-hybridized carbons (Fsp3) is 0.500. The predicted octanol–water partition coefficient (Wildman–Crippen LogP) is 0.379. The van der Waals surface area contributed by atoms with Crippen LogP contribution in [0, 0.1) is 6.54 Å². The van der Waals surface area contributed by atoms with Crippen molar-refractivity contribution in [1.29, 1.82) is 0 Å². The molecule has 0 saturated carbocycles. The molecule has 12 heavy (non-hydrogen) atoms. The van der Waals surface area contributed by atoms with E-state index in [1.165, 1.54) is 6.08 Å². The summed E-state index contributed by atoms with van der Waals surface area (Å²) in [6.45, 7) is 7.91. The van der Waals surface area contributed by atoms with E-state index in [0.717, 1.165) is 19.1 Å². The molecule has 0 heterocycles. The molecule has 0 atom stereocenters. The second kappa shape index (κ2) is 8.48. The summed E-state index contributed by atoms with van der Waals surface area (Å²) in [4.78, 5) is 10.6. The van der Waals surface area contributed by atoms with Crippen molar-refractivity contribution < 1.29 is 9.22 Å². The molecule has 0 saturated heterocycles. The minimum Gasteiger partial charge on any atom is -0.424 e. The molecule has 3 nitrogen and oxygen atoms in total. The summed E-state index contributed by atoms with van der Waals surface area (Å²) in [7, 11) is -0.348. The third-order valence-corrected chi connectivity index (χ3v) is 2.66. The quantitative estimate of drug-likeness (QED) is 0.354. The molecule has 69 valence electrons. The van der Waals surface area contributed by atoms with Gasteiger partial charge in [-0.25, -0.2) is 0 Å². The Kier molecular flexibility index (Phi) is 8.05. The highest BCUT2D eigenvalue weighted by Gasteiger charge is 1.93. The first-order chi connectivity index (χ1) is 5.81. The first-order valence-electron chi connectivity index (χ1n) is 4.13. The van der Waals surface area contributed by atoms with Crippen LogP contribution in [0.25, 0.3) is 0 Å². The van der Waals surface area contributed by atoms with Gasteiger partial charge >= 0.3 is 0 Å². The fourth-order valence-electron chi connectivity index (χ4n) is 0.663. The predicted molar refractivity (Wildman–Crippen MR) is 52.2 cm³/mol. The summed E-state index contributed by atoms with van der Waals surface area (Å²) < 4.78 is 5.25. The lowest BCUT2D eigenvalue weighted by Crippen LogP contribution is -2.17. The molecular weight excluding hydrogens is 170 g/mol. The van der Waals surface area contributed by atoms with Gasteiger partial charge in [-0.15, -0.1) is 0 Å². The van der Waals surface area contributed by atoms with E-state index in [1.54, 1.807) is 6.54 Å². The molecule has 0 aromatic heterocycles. The van der Waals surface area contributed by atoms with E-state index in [9.17, 15) is 4.79 Å². The van der Waals surface area contributed by atoms with E-state index in [2.05, 4.69) is 11.9 Å². The molecule has 0 aliphatic rings. The molecule has 1 N–H and O–H groups in total. The normalized spacial score (nSPS) is 10.4. The summed E-state index contributed by atoms with van der Waals surface area (Å²) in [6.07, 6.45) is 2.16. The Morgan fingerprint density at radius 2 is 2.50 bits per heavy atom. The Labute approximate surface area is 76.1 Å². The largest absolute Gasteiger partial charge is 0.424 e. The van der Waals surface area contributed by atoms with Crippen molar-refractivity contribution in [2.75, 3.05) is 6.61 Å². The van der Waals surface area contributed by atoms with Gasteiger partial charge in [0.05, 0.1) is 0 Å². The van der Waals surface area contributed by atoms with Crippen LogP contribution < -0.4 is 5.32 Å². The van der Waals surface area contributed by atoms with Crippen molar-refractivity contribution in [2.45, 2.75) is 19.4 Å². The van der Waals surface area contributed by atoms with E-state index >= 15 is 0 Å². The molecule has 0 rings (SSSR count). The molecule has 1 radical (unpaired) electrons. The first-order valence-corrected chi connectivity index (χ1v) is 5.71. The Morgan fingerprint density at radius 3 is 3.08 bits per heavy atom. The van der Waals surface area contributed by atoms with E-state index in [1.807, 2.05) is 6.92 Å². The molecule has 0 aliphatic heterocycles. The van der Waals surface area contributed by atoms with Crippen LogP contribution in [0.3, 0.4) is 0 Å². The van der Waals surface area contributed by atoms with Crippen molar-refractivity contribution in [3.63, 3.8) is 0 Å². The zero-order valence-electron chi connectivity index (χ0n) is 7.51. The third kappa shape index (κ3) is 7.49. The molecule has 0 unspecified atom stereocenters. The molecule has 4 heteroatoms. The molecule has 0 aromatic carbocycles. The van der Waals surface area contributed by atoms with Gasteiger partial charge in [-0.1, -0.05) is 6.58 Å². The highest BCUT2D eigenvalue weighted by molar-refractivity contribution is 6.27. The van der Waals surface area contributed by atoms with Gasteiger partial charge in [0.25, 0.3) is 0 Å². The number of hydrogen-bond donors (Lipinski definition) is 1. The second-order valence-corrected chi connectivity index (χ2v) is 3.78. The van der Waals surface area contributed by atoms with Crippen molar-refractivity contribution in [2.24, 2.45) is 0 Å². The summed E-state index contributed by atoms with van der Waals surface area (Å²) in [5.74, 6) is -0.145. The third-order valence-electron chi connectivity index (χ3n) is 1.27. The van der Waals surface area contributed by atoms with Crippen LogP contribution in [0.15, 0.2) is 12.7 Å². The molecule has 0 aromatic rings. The lowest BCUT2D eigenvalue weighted by Gasteiger charge is -2.00. The average molecular weight is 186 g/mol. The van der Waals surface area contributed by atoms with Gasteiger partial charge < -0.3 is 9.74 Å². The number of hydrogen-bond acceptors (Lipinski definition) is 2. The van der Waals surface area contributed by atoms with Gasteiger partial charge in [-0.05, 0) is 25.5 Å². The molecular formula is C8H16NO2Si. The maximum absolute atomic E-state index is 10.6. The van der Waals surface area contributed by atoms with Gasteiger partial charge in [0.2, 0.25) is 5.91 Å². The van der Waals surface area contributed by atoms with Gasteiger partial charge in [0, 0.05) is 13.2 Å². The van der Waals surface area contributed by atoms with Gasteiger partial charge in [0.15, 0.2) is 9.76 Å². The first kappa shape index (κ1) is 11.4. The number of nitrogens with one attached hydrogen (secondary N) is 1. The van der Waals surface area contributed by atoms with Crippen LogP contribution in [0.5, 0.6) is 0 Å². The average Bonchev–Trinajstić information content (AvgIpc) is 2.10. The van der Waals surface area contributed by atoms with Crippen LogP contribution in [0.4, 0.5) is 0 Å². The van der Waals surface area contributed by atoms with Crippen molar-refractivity contribution >= 4 is 15.7 Å². The zero-order valence-corrected chi connectivity index (χ0v) is 8.92. The number of rotatable bonds is 7. The Hall–Kier alpha value is -0.613. The van der Waals surface area contributed by atoms with Crippen LogP contribution in [0.2, 0.25) is 6.04 Å². The number of amides is 1.